The van der Waals surface area contributed by atoms with Crippen LogP contribution in [-0.4, -0.2) is 6.54 Å². The lowest BCUT2D eigenvalue weighted by molar-refractivity contribution is 0.229. The van der Waals surface area contributed by atoms with E-state index in [4.69, 9.17) is 5.73 Å². The molecular weight excluding hydrogens is 206 g/mol. The SMILES string of the molecule is CC(C)(C)c1cccc(C2(CCN)CCC2)c1. The van der Waals surface area contributed by atoms with E-state index in [0.29, 0.717) is 5.41 Å². The van der Waals surface area contributed by atoms with Gasteiger partial charge in [0.15, 0.2) is 0 Å². The lowest BCUT2D eigenvalue weighted by Crippen LogP contribution is -2.36. The van der Waals surface area contributed by atoms with Crippen molar-refractivity contribution in [2.75, 3.05) is 6.54 Å². The van der Waals surface area contributed by atoms with Crippen molar-refractivity contribution in [3.8, 4) is 0 Å². The molecular formula is C16H25N. The quantitative estimate of drug-likeness (QED) is 0.842. The van der Waals surface area contributed by atoms with Crippen molar-refractivity contribution in [1.29, 1.82) is 0 Å². The summed E-state index contributed by atoms with van der Waals surface area (Å²) in [7, 11) is 0. The fourth-order valence-corrected chi connectivity index (χ4v) is 2.88. The Morgan fingerprint density at radius 1 is 1.24 bits per heavy atom. The van der Waals surface area contributed by atoms with Gasteiger partial charge in [0, 0.05) is 0 Å². The highest BCUT2D eigenvalue weighted by Gasteiger charge is 2.37. The molecule has 1 nitrogen and oxygen atoms in total. The molecule has 0 aliphatic heterocycles. The first-order chi connectivity index (χ1) is 7.98. The molecule has 0 atom stereocenters. The molecule has 2 N–H and O–H groups in total. The summed E-state index contributed by atoms with van der Waals surface area (Å²) < 4.78 is 0. The minimum absolute atomic E-state index is 0.240. The predicted octanol–water partition coefficient (Wildman–Crippen LogP) is 3.75. The average molecular weight is 231 g/mol. The minimum atomic E-state index is 0.240. The maximum Gasteiger partial charge on any atom is -0.00349 e. The Morgan fingerprint density at radius 2 is 1.94 bits per heavy atom. The highest BCUT2D eigenvalue weighted by Crippen LogP contribution is 2.46. The fraction of sp³-hybridized carbons (Fsp3) is 0.625. The van der Waals surface area contributed by atoms with Crippen molar-refractivity contribution in [1.82, 2.24) is 0 Å². The Hall–Kier alpha value is -0.820. The Kier molecular flexibility index (Phi) is 3.31. The van der Waals surface area contributed by atoms with E-state index >= 15 is 0 Å². The number of rotatable bonds is 3. The Morgan fingerprint density at radius 3 is 2.41 bits per heavy atom. The second-order valence-electron chi connectivity index (χ2n) is 6.50. The third-order valence-electron chi connectivity index (χ3n) is 4.27. The Labute approximate surface area is 105 Å². The molecule has 0 heterocycles. The van der Waals surface area contributed by atoms with Crippen LogP contribution >= 0.6 is 0 Å². The zero-order valence-corrected chi connectivity index (χ0v) is 11.4. The summed E-state index contributed by atoms with van der Waals surface area (Å²) in [5.74, 6) is 0. The van der Waals surface area contributed by atoms with E-state index in [0.717, 1.165) is 13.0 Å². The van der Waals surface area contributed by atoms with Gasteiger partial charge in [-0.3, -0.25) is 0 Å². The largest absolute Gasteiger partial charge is 0.330 e. The summed E-state index contributed by atoms with van der Waals surface area (Å²) >= 11 is 0. The van der Waals surface area contributed by atoms with Crippen molar-refractivity contribution in [2.24, 2.45) is 5.73 Å². The van der Waals surface area contributed by atoms with Crippen LogP contribution in [0.5, 0.6) is 0 Å². The maximum absolute atomic E-state index is 5.79. The summed E-state index contributed by atoms with van der Waals surface area (Å²) in [6.07, 6.45) is 5.13. The normalized spacial score (nSPS) is 18.8. The topological polar surface area (TPSA) is 26.0 Å². The van der Waals surface area contributed by atoms with E-state index < -0.39 is 0 Å². The van der Waals surface area contributed by atoms with Gasteiger partial charge in [0.2, 0.25) is 0 Å². The second-order valence-corrected chi connectivity index (χ2v) is 6.50. The molecule has 0 spiro atoms. The van der Waals surface area contributed by atoms with Gasteiger partial charge in [0.25, 0.3) is 0 Å². The van der Waals surface area contributed by atoms with Gasteiger partial charge >= 0.3 is 0 Å². The molecule has 0 radical (unpaired) electrons. The smallest absolute Gasteiger partial charge is 0.00349 e. The molecule has 0 amide bonds. The zero-order valence-electron chi connectivity index (χ0n) is 11.4. The van der Waals surface area contributed by atoms with E-state index in [2.05, 4.69) is 45.0 Å². The van der Waals surface area contributed by atoms with Crippen molar-refractivity contribution in [3.05, 3.63) is 35.4 Å². The monoisotopic (exact) mass is 231 g/mol. The minimum Gasteiger partial charge on any atom is -0.330 e. The van der Waals surface area contributed by atoms with E-state index in [-0.39, 0.29) is 5.41 Å². The standard InChI is InChI=1S/C16H25N/c1-15(2,3)13-6-4-7-14(12-13)16(10-11-17)8-5-9-16/h4,6-7,12H,5,8-11,17H2,1-3H3. The molecule has 0 aromatic heterocycles. The molecule has 1 aromatic rings. The lowest BCUT2D eigenvalue weighted by Gasteiger charge is -2.43. The molecule has 1 fully saturated rings. The summed E-state index contributed by atoms with van der Waals surface area (Å²) in [5.41, 5.74) is 9.38. The molecule has 94 valence electrons. The maximum atomic E-state index is 5.79. The third-order valence-corrected chi connectivity index (χ3v) is 4.27. The van der Waals surface area contributed by atoms with Gasteiger partial charge in [-0.1, -0.05) is 51.5 Å². The highest BCUT2D eigenvalue weighted by atomic mass is 14.6. The first kappa shape index (κ1) is 12.6. The second kappa shape index (κ2) is 4.45. The van der Waals surface area contributed by atoms with Gasteiger partial charge in [-0.2, -0.15) is 0 Å². The van der Waals surface area contributed by atoms with Gasteiger partial charge in [-0.15, -0.1) is 0 Å². The van der Waals surface area contributed by atoms with Gasteiger partial charge in [-0.25, -0.2) is 0 Å². The van der Waals surface area contributed by atoms with E-state index in [1.807, 2.05) is 0 Å². The predicted molar refractivity (Wildman–Crippen MR) is 74.3 cm³/mol. The van der Waals surface area contributed by atoms with Crippen LogP contribution in [0.15, 0.2) is 24.3 Å². The molecule has 1 aliphatic carbocycles. The van der Waals surface area contributed by atoms with Crippen LogP contribution in [0.1, 0.15) is 57.6 Å². The molecule has 0 unspecified atom stereocenters. The van der Waals surface area contributed by atoms with Crippen molar-refractivity contribution < 1.29 is 0 Å². The number of benzene rings is 1. The summed E-state index contributed by atoms with van der Waals surface area (Å²) in [4.78, 5) is 0. The van der Waals surface area contributed by atoms with Crippen molar-refractivity contribution in [3.63, 3.8) is 0 Å². The Bertz CT molecular complexity index is 383. The molecule has 0 bridgehead atoms. The van der Waals surface area contributed by atoms with Crippen LogP contribution in [0.4, 0.5) is 0 Å². The molecule has 2 rings (SSSR count). The van der Waals surface area contributed by atoms with Crippen molar-refractivity contribution >= 4 is 0 Å². The third kappa shape index (κ3) is 2.40. The number of nitrogens with two attached hydrogens (primary N) is 1. The van der Waals surface area contributed by atoms with Crippen LogP contribution in [0.3, 0.4) is 0 Å². The lowest BCUT2D eigenvalue weighted by atomic mass is 9.62. The Balaban J connectivity index is 2.32. The molecule has 1 saturated carbocycles. The van der Waals surface area contributed by atoms with Gasteiger partial charge in [0.05, 0.1) is 0 Å². The molecule has 1 heteroatoms. The van der Waals surface area contributed by atoms with E-state index in [1.54, 1.807) is 0 Å². The number of hydrogen-bond donors (Lipinski definition) is 1. The van der Waals surface area contributed by atoms with Crippen molar-refractivity contribution in [2.45, 2.75) is 57.3 Å². The first-order valence-electron chi connectivity index (χ1n) is 6.79. The van der Waals surface area contributed by atoms with E-state index in [1.165, 1.54) is 30.4 Å². The van der Waals surface area contributed by atoms with Gasteiger partial charge in [0.1, 0.15) is 0 Å². The number of hydrogen-bond acceptors (Lipinski definition) is 1. The van der Waals surface area contributed by atoms with Crippen LogP contribution in [0, 0.1) is 0 Å². The average Bonchev–Trinajstić information content (AvgIpc) is 2.22. The van der Waals surface area contributed by atoms with Crippen LogP contribution < -0.4 is 5.73 Å². The van der Waals surface area contributed by atoms with Gasteiger partial charge in [-0.05, 0) is 47.8 Å². The molecule has 0 saturated heterocycles. The molecule has 17 heavy (non-hydrogen) atoms. The summed E-state index contributed by atoms with van der Waals surface area (Å²) in [5, 5.41) is 0. The van der Waals surface area contributed by atoms with Gasteiger partial charge < -0.3 is 5.73 Å². The van der Waals surface area contributed by atoms with E-state index in [9.17, 15) is 0 Å². The van der Waals surface area contributed by atoms with Crippen LogP contribution in [0.25, 0.3) is 0 Å². The molecule has 1 aromatic carbocycles. The fourth-order valence-electron chi connectivity index (χ4n) is 2.88. The highest BCUT2D eigenvalue weighted by molar-refractivity contribution is 5.35. The van der Waals surface area contributed by atoms with Crippen LogP contribution in [-0.2, 0) is 10.8 Å². The first-order valence-corrected chi connectivity index (χ1v) is 6.79. The molecule has 1 aliphatic rings. The summed E-state index contributed by atoms with van der Waals surface area (Å²) in [6, 6.07) is 9.17. The zero-order chi connectivity index (χ0) is 12.5. The van der Waals surface area contributed by atoms with Crippen LogP contribution in [0.2, 0.25) is 0 Å². The summed E-state index contributed by atoms with van der Waals surface area (Å²) in [6.45, 7) is 7.65.